The highest BCUT2D eigenvalue weighted by atomic mass is 32.1. The zero-order valence-electron chi connectivity index (χ0n) is 12.2. The molecule has 1 saturated heterocycles. The fourth-order valence-corrected chi connectivity index (χ4v) is 3.17. The van der Waals surface area contributed by atoms with Crippen LogP contribution in [0.15, 0.2) is 0 Å². The number of nitrogens with one attached hydrogen (secondary N) is 1. The number of hydrogen-bond acceptors (Lipinski definition) is 7. The number of aliphatic hydroxyl groups is 1. The first-order valence-corrected chi connectivity index (χ1v) is 8.25. The first-order valence-electron chi connectivity index (χ1n) is 7.43. The van der Waals surface area contributed by atoms with Gasteiger partial charge in [0.15, 0.2) is 0 Å². The van der Waals surface area contributed by atoms with Crippen molar-refractivity contribution in [2.75, 3.05) is 51.2 Å². The summed E-state index contributed by atoms with van der Waals surface area (Å²) in [6, 6.07) is 0. The van der Waals surface area contributed by atoms with Crippen LogP contribution in [0.25, 0.3) is 0 Å². The average molecular weight is 299 g/mol. The molecule has 0 bridgehead atoms. The van der Waals surface area contributed by atoms with Gasteiger partial charge in [-0.05, 0) is 25.9 Å². The van der Waals surface area contributed by atoms with Crippen LogP contribution in [0.3, 0.4) is 0 Å². The maximum Gasteiger partial charge on any atom is 0.205 e. The smallest absolute Gasteiger partial charge is 0.205 e. The highest BCUT2D eigenvalue weighted by molar-refractivity contribution is 7.15. The molecule has 0 radical (unpaired) electrons. The van der Waals surface area contributed by atoms with Gasteiger partial charge in [0.1, 0.15) is 5.01 Å². The van der Waals surface area contributed by atoms with E-state index in [-0.39, 0.29) is 6.61 Å². The van der Waals surface area contributed by atoms with E-state index in [0.717, 1.165) is 68.8 Å². The van der Waals surface area contributed by atoms with Crippen molar-refractivity contribution in [2.45, 2.75) is 26.3 Å². The predicted octanol–water partition coefficient (Wildman–Crippen LogP) is 0.860. The van der Waals surface area contributed by atoms with Crippen LogP contribution in [0, 0.1) is 0 Å². The molecule has 114 valence electrons. The van der Waals surface area contributed by atoms with E-state index in [1.165, 1.54) is 0 Å². The Balaban J connectivity index is 1.79. The summed E-state index contributed by atoms with van der Waals surface area (Å²) in [5.74, 6) is 0. The van der Waals surface area contributed by atoms with Crippen molar-refractivity contribution < 1.29 is 5.11 Å². The van der Waals surface area contributed by atoms with Gasteiger partial charge in [-0.3, -0.25) is 9.80 Å². The van der Waals surface area contributed by atoms with E-state index >= 15 is 0 Å². The molecule has 20 heavy (non-hydrogen) atoms. The fourth-order valence-electron chi connectivity index (χ4n) is 2.36. The van der Waals surface area contributed by atoms with Crippen molar-refractivity contribution in [3.05, 3.63) is 5.01 Å². The molecular weight excluding hydrogens is 274 g/mol. The van der Waals surface area contributed by atoms with E-state index in [1.807, 2.05) is 0 Å². The lowest BCUT2D eigenvalue weighted by molar-refractivity contribution is 0.196. The Kier molecular flexibility index (Phi) is 6.65. The molecule has 1 fully saturated rings. The second kappa shape index (κ2) is 8.51. The van der Waals surface area contributed by atoms with Gasteiger partial charge >= 0.3 is 0 Å². The molecule has 2 heterocycles. The summed E-state index contributed by atoms with van der Waals surface area (Å²) in [6.07, 6.45) is 2.25. The molecule has 0 aromatic carbocycles. The molecule has 0 atom stereocenters. The number of hydrogen-bond donors (Lipinski definition) is 2. The Morgan fingerprint density at radius 2 is 2.00 bits per heavy atom. The van der Waals surface area contributed by atoms with Crippen molar-refractivity contribution in [1.29, 1.82) is 0 Å². The van der Waals surface area contributed by atoms with Gasteiger partial charge in [-0.25, -0.2) is 0 Å². The second-order valence-electron chi connectivity index (χ2n) is 5.12. The van der Waals surface area contributed by atoms with Crippen LogP contribution in [-0.2, 0) is 6.54 Å². The Morgan fingerprint density at radius 3 is 2.80 bits per heavy atom. The molecule has 1 aliphatic heterocycles. The summed E-state index contributed by atoms with van der Waals surface area (Å²) in [4.78, 5) is 4.76. The van der Waals surface area contributed by atoms with Gasteiger partial charge in [0.25, 0.3) is 0 Å². The molecule has 1 aromatic heterocycles. The molecule has 2 rings (SSSR count). The number of β-amino-alcohol motifs (C(OH)–C–C–N with tert-alkyl or cyclic N) is 1. The minimum atomic E-state index is 0.253. The van der Waals surface area contributed by atoms with Crippen LogP contribution in [0.2, 0.25) is 0 Å². The van der Waals surface area contributed by atoms with E-state index < -0.39 is 0 Å². The van der Waals surface area contributed by atoms with Gasteiger partial charge in [-0.2, -0.15) is 0 Å². The number of aromatic nitrogens is 2. The van der Waals surface area contributed by atoms with Crippen molar-refractivity contribution in [1.82, 2.24) is 20.0 Å². The lowest BCUT2D eigenvalue weighted by atomic mass is 10.4. The third kappa shape index (κ3) is 4.97. The van der Waals surface area contributed by atoms with Gasteiger partial charge < -0.3 is 10.4 Å². The molecule has 0 unspecified atom stereocenters. The van der Waals surface area contributed by atoms with Crippen LogP contribution < -0.4 is 5.32 Å². The quantitative estimate of drug-likeness (QED) is 0.778. The largest absolute Gasteiger partial charge is 0.395 e. The summed E-state index contributed by atoms with van der Waals surface area (Å²) in [5, 5.41) is 22.7. The zero-order valence-corrected chi connectivity index (χ0v) is 13.0. The summed E-state index contributed by atoms with van der Waals surface area (Å²) < 4.78 is 0. The van der Waals surface area contributed by atoms with E-state index in [0.29, 0.717) is 0 Å². The van der Waals surface area contributed by atoms with Gasteiger partial charge in [-0.1, -0.05) is 18.3 Å². The normalized spacial score (nSPS) is 18.1. The van der Waals surface area contributed by atoms with E-state index in [1.54, 1.807) is 11.3 Å². The Hall–Kier alpha value is -0.760. The van der Waals surface area contributed by atoms with Crippen LogP contribution in [-0.4, -0.2) is 71.0 Å². The van der Waals surface area contributed by atoms with Crippen LogP contribution in [0.1, 0.15) is 24.8 Å². The van der Waals surface area contributed by atoms with Gasteiger partial charge in [0.05, 0.1) is 13.2 Å². The summed E-state index contributed by atoms with van der Waals surface area (Å²) >= 11 is 1.66. The minimum Gasteiger partial charge on any atom is -0.395 e. The topological polar surface area (TPSA) is 64.5 Å². The average Bonchev–Trinajstić information content (AvgIpc) is 2.77. The molecule has 0 saturated carbocycles. The van der Waals surface area contributed by atoms with E-state index in [4.69, 9.17) is 5.11 Å². The number of aliphatic hydroxyl groups excluding tert-OH is 1. The van der Waals surface area contributed by atoms with Crippen molar-refractivity contribution in [3.8, 4) is 0 Å². The third-order valence-corrected chi connectivity index (χ3v) is 4.32. The van der Waals surface area contributed by atoms with E-state index in [9.17, 15) is 0 Å². The first kappa shape index (κ1) is 15.6. The monoisotopic (exact) mass is 299 g/mol. The van der Waals surface area contributed by atoms with Crippen LogP contribution in [0.4, 0.5) is 5.13 Å². The maximum absolute atomic E-state index is 9.01. The molecule has 2 N–H and O–H groups in total. The Bertz CT molecular complexity index is 387. The highest BCUT2D eigenvalue weighted by Crippen LogP contribution is 2.17. The maximum atomic E-state index is 9.01. The molecule has 7 heteroatoms. The van der Waals surface area contributed by atoms with E-state index in [2.05, 4.69) is 32.2 Å². The Labute approximate surface area is 124 Å². The number of rotatable bonds is 7. The summed E-state index contributed by atoms with van der Waals surface area (Å²) in [5.41, 5.74) is 0. The van der Waals surface area contributed by atoms with Gasteiger partial charge in [0, 0.05) is 26.2 Å². The first-order chi connectivity index (χ1) is 9.81. The summed E-state index contributed by atoms with van der Waals surface area (Å²) in [6.45, 7) is 9.27. The lowest BCUT2D eigenvalue weighted by Crippen LogP contribution is -2.32. The van der Waals surface area contributed by atoms with Gasteiger partial charge in [-0.15, -0.1) is 10.2 Å². The fraction of sp³-hybridized carbons (Fsp3) is 0.846. The molecule has 0 aliphatic carbocycles. The third-order valence-electron chi connectivity index (χ3n) is 3.45. The number of nitrogens with zero attached hydrogens (tertiary/aromatic N) is 4. The van der Waals surface area contributed by atoms with Crippen LogP contribution in [0.5, 0.6) is 0 Å². The highest BCUT2D eigenvalue weighted by Gasteiger charge is 2.16. The predicted molar refractivity (Wildman–Crippen MR) is 82.1 cm³/mol. The molecule has 1 aromatic rings. The van der Waals surface area contributed by atoms with Crippen molar-refractivity contribution in [3.63, 3.8) is 0 Å². The molecule has 0 amide bonds. The minimum absolute atomic E-state index is 0.253. The van der Waals surface area contributed by atoms with Gasteiger partial charge in [0.2, 0.25) is 5.13 Å². The van der Waals surface area contributed by atoms with Crippen molar-refractivity contribution in [2.24, 2.45) is 0 Å². The SMILES string of the molecule is CCCNc1nnc(CN2CCCN(CCO)CC2)s1. The molecule has 1 aliphatic rings. The zero-order chi connectivity index (χ0) is 14.2. The molecular formula is C13H25N5OS. The van der Waals surface area contributed by atoms with Crippen molar-refractivity contribution >= 4 is 16.5 Å². The summed E-state index contributed by atoms with van der Waals surface area (Å²) in [7, 11) is 0. The standard InChI is InChI=1S/C13H25N5OS/c1-2-4-14-13-16-15-12(20-13)11-18-6-3-5-17(7-8-18)9-10-19/h19H,2-11H2,1H3,(H,14,16). The Morgan fingerprint density at radius 1 is 1.20 bits per heavy atom. The molecule has 0 spiro atoms. The van der Waals surface area contributed by atoms with Crippen LogP contribution >= 0.6 is 11.3 Å². The lowest BCUT2D eigenvalue weighted by Gasteiger charge is -2.20. The second-order valence-corrected chi connectivity index (χ2v) is 6.18. The molecule has 6 nitrogen and oxygen atoms in total. The number of anilines is 1.